The smallest absolute Gasteiger partial charge is 0.129 e. The van der Waals surface area contributed by atoms with Gasteiger partial charge in [0.15, 0.2) is 0 Å². The van der Waals surface area contributed by atoms with E-state index in [9.17, 15) is 14.6 Å². The number of halogens is 1. The quantitative estimate of drug-likeness (QED) is 0.878. The van der Waals surface area contributed by atoms with Crippen LogP contribution in [0.15, 0.2) is 24.3 Å². The lowest BCUT2D eigenvalue weighted by Gasteiger charge is -2.37. The van der Waals surface area contributed by atoms with Crippen LogP contribution in [0.4, 0.5) is 4.39 Å². The zero-order valence-electron chi connectivity index (χ0n) is 12.9. The largest absolute Gasteiger partial charge is 0.391 e. The molecule has 0 saturated heterocycles. The summed E-state index contributed by atoms with van der Waals surface area (Å²) in [6, 6.07) is 6.52. The molecular weight excluding hydrogens is 269 g/mol. The molecule has 1 saturated carbocycles. The van der Waals surface area contributed by atoms with E-state index in [0.29, 0.717) is 12.1 Å². The van der Waals surface area contributed by atoms with E-state index < -0.39 is 6.10 Å². The van der Waals surface area contributed by atoms with E-state index >= 15 is 0 Å². The van der Waals surface area contributed by atoms with Crippen molar-refractivity contribution in [2.24, 2.45) is 5.92 Å². The van der Waals surface area contributed by atoms with Crippen molar-refractivity contribution in [3.8, 4) is 0 Å². The fraction of sp³-hybridized carbons (Fsp3) is 0.647. The molecule has 3 nitrogen and oxygen atoms in total. The maximum Gasteiger partial charge on any atom is 0.129 e. The lowest BCUT2D eigenvalue weighted by atomic mass is 9.90. The van der Waals surface area contributed by atoms with Gasteiger partial charge in [-0.1, -0.05) is 38.0 Å². The van der Waals surface area contributed by atoms with Gasteiger partial charge >= 0.3 is 0 Å². The summed E-state index contributed by atoms with van der Waals surface area (Å²) in [5.41, 5.74) is 0.350. The van der Waals surface area contributed by atoms with E-state index in [-0.39, 0.29) is 23.9 Å². The van der Waals surface area contributed by atoms with Crippen LogP contribution in [0.5, 0.6) is 0 Å². The van der Waals surface area contributed by atoms with Gasteiger partial charge in [-0.25, -0.2) is 4.39 Å². The number of benzene rings is 1. The van der Waals surface area contributed by atoms with Gasteiger partial charge in [-0.15, -0.1) is 0 Å². The molecule has 0 aromatic heterocycles. The van der Waals surface area contributed by atoms with Crippen LogP contribution >= 0.6 is 0 Å². The van der Waals surface area contributed by atoms with Crippen LogP contribution in [0, 0.1) is 11.7 Å². The standard InChI is InChI=1S/C17H26FNO2/c1-12(17(21)13-7-3-4-8-14(13)18)11-19(2)15-9-5-6-10-16(15)20/h3-4,7-8,12,15-17,20-21H,5-6,9-11H2,1-2H3. The fourth-order valence-electron chi connectivity index (χ4n) is 3.32. The number of rotatable bonds is 5. The monoisotopic (exact) mass is 295 g/mol. The first-order valence-electron chi connectivity index (χ1n) is 7.81. The summed E-state index contributed by atoms with van der Waals surface area (Å²) in [6.45, 7) is 2.56. The van der Waals surface area contributed by atoms with Crippen molar-refractivity contribution in [3.63, 3.8) is 0 Å². The molecule has 1 aromatic rings. The number of hydrogen-bond acceptors (Lipinski definition) is 3. The highest BCUT2D eigenvalue weighted by atomic mass is 19.1. The van der Waals surface area contributed by atoms with Gasteiger partial charge in [0.1, 0.15) is 5.82 Å². The molecular formula is C17H26FNO2. The molecule has 2 N–H and O–H groups in total. The Morgan fingerprint density at radius 3 is 2.62 bits per heavy atom. The van der Waals surface area contributed by atoms with Crippen molar-refractivity contribution in [2.75, 3.05) is 13.6 Å². The van der Waals surface area contributed by atoms with Crippen LogP contribution in [0.3, 0.4) is 0 Å². The first-order valence-corrected chi connectivity index (χ1v) is 7.81. The van der Waals surface area contributed by atoms with E-state index in [1.54, 1.807) is 18.2 Å². The zero-order valence-corrected chi connectivity index (χ0v) is 12.9. The number of aliphatic hydroxyl groups is 2. The van der Waals surface area contributed by atoms with E-state index in [2.05, 4.69) is 4.90 Å². The molecule has 0 amide bonds. The van der Waals surface area contributed by atoms with Crippen LogP contribution in [-0.2, 0) is 0 Å². The van der Waals surface area contributed by atoms with Crippen LogP contribution in [-0.4, -0.2) is 40.9 Å². The Balaban J connectivity index is 1.97. The van der Waals surface area contributed by atoms with Crippen molar-refractivity contribution in [1.29, 1.82) is 0 Å². The average molecular weight is 295 g/mol. The van der Waals surface area contributed by atoms with Crippen LogP contribution in [0.2, 0.25) is 0 Å². The van der Waals surface area contributed by atoms with E-state index in [4.69, 9.17) is 0 Å². The van der Waals surface area contributed by atoms with Gasteiger partial charge in [-0.05, 0) is 31.9 Å². The Morgan fingerprint density at radius 1 is 1.29 bits per heavy atom. The van der Waals surface area contributed by atoms with Gasteiger partial charge in [0.25, 0.3) is 0 Å². The Hall–Kier alpha value is -0.970. The number of nitrogens with zero attached hydrogens (tertiary/aromatic N) is 1. The highest BCUT2D eigenvalue weighted by Gasteiger charge is 2.29. The molecule has 1 aromatic carbocycles. The predicted octanol–water partition coefficient (Wildman–Crippen LogP) is 2.73. The molecule has 0 spiro atoms. The Bertz CT molecular complexity index is 454. The van der Waals surface area contributed by atoms with Crippen LogP contribution < -0.4 is 0 Å². The van der Waals surface area contributed by atoms with Gasteiger partial charge in [-0.2, -0.15) is 0 Å². The summed E-state index contributed by atoms with van der Waals surface area (Å²) in [5, 5.41) is 20.4. The maximum absolute atomic E-state index is 13.7. The third-order valence-electron chi connectivity index (χ3n) is 4.60. The zero-order chi connectivity index (χ0) is 15.4. The second-order valence-electron chi connectivity index (χ2n) is 6.30. The van der Waals surface area contributed by atoms with Crippen LogP contribution in [0.1, 0.15) is 44.3 Å². The maximum atomic E-state index is 13.7. The molecule has 0 radical (unpaired) electrons. The number of likely N-dealkylation sites (N-methyl/N-ethyl adjacent to an activating group) is 1. The van der Waals surface area contributed by atoms with E-state index in [1.165, 1.54) is 6.07 Å². The van der Waals surface area contributed by atoms with Gasteiger partial charge in [-0.3, -0.25) is 0 Å². The summed E-state index contributed by atoms with van der Waals surface area (Å²) in [7, 11) is 1.98. The minimum absolute atomic E-state index is 0.0963. The SMILES string of the molecule is CC(CN(C)C1CCCCC1O)C(O)c1ccccc1F. The molecule has 2 rings (SSSR count). The van der Waals surface area contributed by atoms with Crippen molar-refractivity contribution in [2.45, 2.75) is 50.9 Å². The highest BCUT2D eigenvalue weighted by Crippen LogP contribution is 2.27. The second kappa shape index (κ2) is 7.34. The van der Waals surface area contributed by atoms with Crippen molar-refractivity contribution < 1.29 is 14.6 Å². The molecule has 4 unspecified atom stereocenters. The van der Waals surface area contributed by atoms with Crippen molar-refractivity contribution >= 4 is 0 Å². The third-order valence-corrected chi connectivity index (χ3v) is 4.60. The average Bonchev–Trinajstić information content (AvgIpc) is 2.47. The molecule has 0 heterocycles. The molecule has 1 fully saturated rings. The molecule has 1 aliphatic rings. The number of hydrogen-bond donors (Lipinski definition) is 2. The first kappa shape index (κ1) is 16.4. The molecule has 1 aliphatic carbocycles. The molecule has 4 atom stereocenters. The highest BCUT2D eigenvalue weighted by molar-refractivity contribution is 5.20. The number of aliphatic hydroxyl groups excluding tert-OH is 2. The Kier molecular flexibility index (Phi) is 5.73. The minimum atomic E-state index is -0.825. The van der Waals surface area contributed by atoms with E-state index in [1.807, 2.05) is 14.0 Å². The summed E-state index contributed by atoms with van der Waals surface area (Å²) in [6.07, 6.45) is 2.94. The minimum Gasteiger partial charge on any atom is -0.391 e. The van der Waals surface area contributed by atoms with Gasteiger partial charge in [0.2, 0.25) is 0 Å². The molecule has 0 bridgehead atoms. The fourth-order valence-corrected chi connectivity index (χ4v) is 3.32. The third kappa shape index (κ3) is 4.02. The Morgan fingerprint density at radius 2 is 1.95 bits per heavy atom. The summed E-state index contributed by atoms with van der Waals surface area (Å²) in [5.74, 6) is -0.460. The molecule has 118 valence electrons. The summed E-state index contributed by atoms with van der Waals surface area (Å²) in [4.78, 5) is 2.11. The normalized spacial score (nSPS) is 25.8. The summed E-state index contributed by atoms with van der Waals surface area (Å²) >= 11 is 0. The molecule has 4 heteroatoms. The predicted molar refractivity (Wildman–Crippen MR) is 81.4 cm³/mol. The van der Waals surface area contributed by atoms with Crippen LogP contribution in [0.25, 0.3) is 0 Å². The Labute approximate surface area is 126 Å². The lowest BCUT2D eigenvalue weighted by molar-refractivity contribution is 0.0112. The van der Waals surface area contributed by atoms with Crippen molar-refractivity contribution in [3.05, 3.63) is 35.6 Å². The second-order valence-corrected chi connectivity index (χ2v) is 6.30. The lowest BCUT2D eigenvalue weighted by Crippen LogP contribution is -2.45. The topological polar surface area (TPSA) is 43.7 Å². The summed E-state index contributed by atoms with van der Waals surface area (Å²) < 4.78 is 13.7. The molecule has 21 heavy (non-hydrogen) atoms. The molecule has 0 aliphatic heterocycles. The van der Waals surface area contributed by atoms with Crippen molar-refractivity contribution in [1.82, 2.24) is 4.90 Å². The van der Waals surface area contributed by atoms with Gasteiger partial charge in [0.05, 0.1) is 12.2 Å². The van der Waals surface area contributed by atoms with E-state index in [0.717, 1.165) is 25.7 Å². The first-order chi connectivity index (χ1) is 10.0. The van der Waals surface area contributed by atoms with Gasteiger partial charge in [0, 0.05) is 18.2 Å². The van der Waals surface area contributed by atoms with Gasteiger partial charge < -0.3 is 15.1 Å².